The molecule has 1 heterocycles. The van der Waals surface area contributed by atoms with E-state index in [0.717, 1.165) is 16.8 Å². The largest absolute Gasteiger partial charge is 0.512 e. The van der Waals surface area contributed by atoms with Gasteiger partial charge in [0, 0.05) is 31.6 Å². The fourth-order valence-corrected chi connectivity index (χ4v) is 2.68. The fourth-order valence-electron chi connectivity index (χ4n) is 2.68. The van der Waals surface area contributed by atoms with Crippen LogP contribution >= 0.6 is 0 Å². The van der Waals surface area contributed by atoms with Gasteiger partial charge in [-0.15, -0.1) is 35.9 Å². The van der Waals surface area contributed by atoms with Gasteiger partial charge in [-0.1, -0.05) is 18.2 Å². The average molecular weight is 525 g/mol. The zero-order valence-corrected chi connectivity index (χ0v) is 17.7. The van der Waals surface area contributed by atoms with Gasteiger partial charge >= 0.3 is 0 Å². The standard InChI is InChI=1S/C17H14N.C5H8O2.Ir/c1-12-7-6-10-15-17(12)13(2)11-16(18-15)14-8-4-3-5-9-14;1-4(6)3-5(2)7;/h3-8,10-11H,1-2H3;3,6H,1-2H3;/q-1;;/b;4-3-;. The molecule has 1 aromatic heterocycles. The van der Waals surface area contributed by atoms with Crippen molar-refractivity contribution in [1.29, 1.82) is 0 Å². The average Bonchev–Trinajstić information content (AvgIpc) is 2.54. The summed E-state index contributed by atoms with van der Waals surface area (Å²) in [7, 11) is 0. The molecule has 2 aromatic carbocycles. The summed E-state index contributed by atoms with van der Waals surface area (Å²) < 4.78 is 0. The maximum atomic E-state index is 10.0. The Morgan fingerprint density at radius 2 is 1.81 bits per heavy atom. The first-order valence-electron chi connectivity index (χ1n) is 8.10. The number of hydrogen-bond donors (Lipinski definition) is 1. The van der Waals surface area contributed by atoms with Crippen LogP contribution in [0.15, 0.2) is 60.4 Å². The normalized spacial score (nSPS) is 10.5. The van der Waals surface area contributed by atoms with E-state index in [2.05, 4.69) is 44.2 Å². The molecule has 4 heteroatoms. The van der Waals surface area contributed by atoms with E-state index in [4.69, 9.17) is 10.1 Å². The maximum Gasteiger partial charge on any atom is 0.155 e. The van der Waals surface area contributed by atoms with E-state index >= 15 is 0 Å². The molecule has 3 rings (SSSR count). The molecule has 26 heavy (non-hydrogen) atoms. The van der Waals surface area contributed by atoms with Crippen LogP contribution in [0.3, 0.4) is 0 Å². The number of rotatable bonds is 2. The zero-order valence-electron chi connectivity index (χ0n) is 15.3. The van der Waals surface area contributed by atoms with Crippen molar-refractivity contribution in [1.82, 2.24) is 4.98 Å². The molecule has 3 nitrogen and oxygen atoms in total. The molecule has 0 saturated carbocycles. The Hall–Kier alpha value is -2.29. The molecular formula is C22H22IrNO2-. The van der Waals surface area contributed by atoms with Crippen LogP contribution < -0.4 is 0 Å². The van der Waals surface area contributed by atoms with Crippen LogP contribution in [0.2, 0.25) is 0 Å². The summed E-state index contributed by atoms with van der Waals surface area (Å²) >= 11 is 0. The Morgan fingerprint density at radius 3 is 2.35 bits per heavy atom. The number of fused-ring (bicyclic) bond motifs is 1. The molecule has 3 aromatic rings. The van der Waals surface area contributed by atoms with Crippen LogP contribution in [0.1, 0.15) is 25.0 Å². The van der Waals surface area contributed by atoms with Crippen LogP contribution in [0.5, 0.6) is 0 Å². The van der Waals surface area contributed by atoms with Crippen molar-refractivity contribution in [2.75, 3.05) is 0 Å². The van der Waals surface area contributed by atoms with Gasteiger partial charge in [0.1, 0.15) is 0 Å². The second-order valence-corrected chi connectivity index (χ2v) is 5.97. The van der Waals surface area contributed by atoms with Gasteiger partial charge in [0.2, 0.25) is 0 Å². The molecule has 0 aliphatic rings. The van der Waals surface area contributed by atoms with E-state index in [-0.39, 0.29) is 31.6 Å². The van der Waals surface area contributed by atoms with Crippen molar-refractivity contribution in [2.45, 2.75) is 27.7 Å². The van der Waals surface area contributed by atoms with E-state index in [9.17, 15) is 4.79 Å². The van der Waals surface area contributed by atoms with Gasteiger partial charge in [-0.2, -0.15) is 0 Å². The number of ketones is 1. The third-order valence-corrected chi connectivity index (χ3v) is 3.64. The number of aromatic nitrogens is 1. The first kappa shape index (κ1) is 21.8. The van der Waals surface area contributed by atoms with Gasteiger partial charge in [0.15, 0.2) is 5.78 Å². The second kappa shape index (κ2) is 10.0. The van der Waals surface area contributed by atoms with Gasteiger partial charge in [-0.05, 0) is 50.6 Å². The third kappa shape index (κ3) is 5.90. The number of aryl methyl sites for hydroxylation is 2. The maximum absolute atomic E-state index is 10.0. The Kier molecular flexibility index (Phi) is 8.37. The molecule has 0 spiro atoms. The minimum absolute atomic E-state index is 0. The van der Waals surface area contributed by atoms with Crippen molar-refractivity contribution in [3.8, 4) is 11.3 Å². The number of aliphatic hydroxyl groups excluding tert-OH is 1. The number of hydrogen-bond acceptors (Lipinski definition) is 3. The topological polar surface area (TPSA) is 50.2 Å². The van der Waals surface area contributed by atoms with Gasteiger partial charge in [0.05, 0.1) is 11.3 Å². The van der Waals surface area contributed by atoms with Crippen LogP contribution in [-0.2, 0) is 24.9 Å². The van der Waals surface area contributed by atoms with Crippen molar-refractivity contribution in [3.63, 3.8) is 0 Å². The monoisotopic (exact) mass is 525 g/mol. The molecule has 0 unspecified atom stereocenters. The number of carbonyl (C=O) groups is 1. The van der Waals surface area contributed by atoms with Crippen molar-refractivity contribution < 1.29 is 30.0 Å². The minimum atomic E-state index is -0.125. The molecule has 0 aliphatic carbocycles. The summed E-state index contributed by atoms with van der Waals surface area (Å²) in [6, 6.07) is 19.6. The van der Waals surface area contributed by atoms with Crippen LogP contribution in [0.4, 0.5) is 0 Å². The van der Waals surface area contributed by atoms with Crippen molar-refractivity contribution in [2.24, 2.45) is 0 Å². The van der Waals surface area contributed by atoms with Crippen molar-refractivity contribution >= 4 is 16.7 Å². The van der Waals surface area contributed by atoms with Crippen LogP contribution in [-0.4, -0.2) is 15.9 Å². The summed E-state index contributed by atoms with van der Waals surface area (Å²) in [6.07, 6.45) is 1.17. The first-order chi connectivity index (χ1) is 11.9. The molecule has 0 bridgehead atoms. The summed E-state index contributed by atoms with van der Waals surface area (Å²) in [6.45, 7) is 7.12. The molecule has 0 amide bonds. The van der Waals surface area contributed by atoms with E-state index in [0.29, 0.717) is 0 Å². The number of aliphatic hydroxyl groups is 1. The summed E-state index contributed by atoms with van der Waals surface area (Å²) in [5, 5.41) is 9.62. The molecule has 0 saturated heterocycles. The smallest absolute Gasteiger partial charge is 0.155 e. The van der Waals surface area contributed by atoms with Gasteiger partial charge < -0.3 is 5.11 Å². The number of allylic oxidation sites excluding steroid dienone is 2. The van der Waals surface area contributed by atoms with Gasteiger partial charge in [0.25, 0.3) is 0 Å². The molecule has 0 fully saturated rings. The van der Waals surface area contributed by atoms with Crippen molar-refractivity contribution in [3.05, 3.63) is 77.6 Å². The molecule has 0 atom stereocenters. The minimum Gasteiger partial charge on any atom is -0.512 e. The zero-order chi connectivity index (χ0) is 18.4. The SMILES string of the molecule is CC(=O)/C=C(/C)O.Cc1cccc2nc(-c3[c-]cccc3)cc(C)c12.[Ir]. The summed E-state index contributed by atoms with van der Waals surface area (Å²) in [5.41, 5.74) is 5.64. The van der Waals surface area contributed by atoms with Gasteiger partial charge in [-0.3, -0.25) is 9.78 Å². The van der Waals surface area contributed by atoms with E-state index < -0.39 is 0 Å². The van der Waals surface area contributed by atoms with Crippen LogP contribution in [0, 0.1) is 19.9 Å². The first-order valence-corrected chi connectivity index (χ1v) is 8.10. The molecule has 0 aliphatic heterocycles. The molecule has 137 valence electrons. The quantitative estimate of drug-likeness (QED) is 0.279. The molecular weight excluding hydrogens is 502 g/mol. The van der Waals surface area contributed by atoms with E-state index in [1.165, 1.54) is 36.4 Å². The Bertz CT molecular complexity index is 914. The summed E-state index contributed by atoms with van der Waals surface area (Å²) in [4.78, 5) is 14.8. The Morgan fingerprint density at radius 1 is 1.08 bits per heavy atom. The van der Waals surface area contributed by atoms with Crippen LogP contribution in [0.25, 0.3) is 22.2 Å². The number of pyridine rings is 1. The Balaban J connectivity index is 0.000000366. The second-order valence-electron chi connectivity index (χ2n) is 5.97. The van der Waals surface area contributed by atoms with E-state index in [1.807, 2.05) is 24.3 Å². The Labute approximate surface area is 168 Å². The predicted molar refractivity (Wildman–Crippen MR) is 103 cm³/mol. The molecule has 1 N–H and O–H groups in total. The predicted octanol–water partition coefficient (Wildman–Crippen LogP) is 5.35. The number of nitrogens with zero attached hydrogens (tertiary/aromatic N) is 1. The van der Waals surface area contributed by atoms with E-state index in [1.54, 1.807) is 0 Å². The fraction of sp³-hybridized carbons (Fsp3) is 0.182. The number of benzene rings is 2. The summed E-state index contributed by atoms with van der Waals surface area (Å²) in [5.74, 6) is -0.0625. The number of carbonyl (C=O) groups excluding carboxylic acids is 1. The van der Waals surface area contributed by atoms with Gasteiger partial charge in [-0.25, -0.2) is 0 Å². The third-order valence-electron chi connectivity index (χ3n) is 3.64. The molecule has 1 radical (unpaired) electrons.